The lowest BCUT2D eigenvalue weighted by Crippen LogP contribution is -2.55. The van der Waals surface area contributed by atoms with Gasteiger partial charge >= 0.3 is 0 Å². The van der Waals surface area contributed by atoms with Gasteiger partial charge in [-0.1, -0.05) is 19.9 Å². The van der Waals surface area contributed by atoms with E-state index < -0.39 is 6.10 Å². The van der Waals surface area contributed by atoms with Crippen molar-refractivity contribution in [3.8, 4) is 0 Å². The summed E-state index contributed by atoms with van der Waals surface area (Å²) in [7, 11) is 4.11. The van der Waals surface area contributed by atoms with E-state index in [4.69, 9.17) is 5.11 Å². The minimum absolute atomic E-state index is 0.0861. The van der Waals surface area contributed by atoms with Crippen LogP contribution in [0.2, 0.25) is 0 Å². The van der Waals surface area contributed by atoms with Crippen LogP contribution < -0.4 is 0 Å². The Kier molecular flexibility index (Phi) is 6.00. The maximum atomic E-state index is 9.71. The smallest absolute Gasteiger partial charge is 0.129 e. The van der Waals surface area contributed by atoms with E-state index in [2.05, 4.69) is 27.6 Å². The summed E-state index contributed by atoms with van der Waals surface area (Å²) in [6, 6.07) is 0.0861. The molecule has 0 saturated carbocycles. The maximum absolute atomic E-state index is 9.71. The lowest BCUT2D eigenvalue weighted by atomic mass is 10.0. The highest BCUT2D eigenvalue weighted by Gasteiger charge is 2.32. The largest absolute Gasteiger partial charge is 0.393 e. The van der Waals surface area contributed by atoms with Crippen molar-refractivity contribution in [1.82, 2.24) is 0 Å². The van der Waals surface area contributed by atoms with Crippen LogP contribution in [0, 0.1) is 0 Å². The van der Waals surface area contributed by atoms with E-state index in [0.29, 0.717) is 4.48 Å². The number of quaternary nitrogens is 1. The van der Waals surface area contributed by atoms with Crippen molar-refractivity contribution in [3.63, 3.8) is 0 Å². The Hall–Kier alpha value is -0.380. The molecule has 2 N–H and O–H groups in total. The fourth-order valence-electron chi connectivity index (χ4n) is 1.89. The first kappa shape index (κ1) is 13.6. The molecule has 0 fully saturated rings. The molecular formula is C11H24NO2+. The van der Waals surface area contributed by atoms with Gasteiger partial charge in [0.05, 0.1) is 27.2 Å². The SMILES string of the molecule is C=CC[N+](C)(C)C(CCC)C(O)CO. The molecule has 3 heteroatoms. The number of aliphatic hydroxyl groups excluding tert-OH is 2. The van der Waals surface area contributed by atoms with Crippen molar-refractivity contribution in [3.05, 3.63) is 12.7 Å². The molecule has 2 atom stereocenters. The normalized spacial score (nSPS) is 16.4. The number of rotatable bonds is 7. The first-order valence-corrected chi connectivity index (χ1v) is 5.22. The molecule has 0 amide bonds. The summed E-state index contributed by atoms with van der Waals surface area (Å²) in [6.45, 7) is 6.45. The van der Waals surface area contributed by atoms with E-state index in [1.807, 2.05) is 6.08 Å². The Morgan fingerprint density at radius 3 is 2.36 bits per heavy atom. The molecule has 0 heterocycles. The summed E-state index contributed by atoms with van der Waals surface area (Å²) in [4.78, 5) is 0. The molecule has 0 aromatic rings. The van der Waals surface area contributed by atoms with E-state index in [1.165, 1.54) is 0 Å². The van der Waals surface area contributed by atoms with E-state index in [0.717, 1.165) is 19.4 Å². The van der Waals surface area contributed by atoms with Gasteiger partial charge in [-0.3, -0.25) is 0 Å². The number of hydrogen-bond donors (Lipinski definition) is 2. The highest BCUT2D eigenvalue weighted by Crippen LogP contribution is 2.16. The van der Waals surface area contributed by atoms with Crippen LogP contribution in [0.15, 0.2) is 12.7 Å². The topological polar surface area (TPSA) is 40.5 Å². The Labute approximate surface area is 87.3 Å². The average molecular weight is 202 g/mol. The van der Waals surface area contributed by atoms with Gasteiger partial charge in [-0.25, -0.2) is 0 Å². The van der Waals surface area contributed by atoms with Gasteiger partial charge in [0.2, 0.25) is 0 Å². The van der Waals surface area contributed by atoms with E-state index in [-0.39, 0.29) is 12.6 Å². The minimum Gasteiger partial charge on any atom is -0.393 e. The van der Waals surface area contributed by atoms with Gasteiger partial charge < -0.3 is 14.7 Å². The number of likely N-dealkylation sites (N-methyl/N-ethyl adjacent to an activating group) is 1. The molecular weight excluding hydrogens is 178 g/mol. The Morgan fingerprint density at radius 1 is 1.43 bits per heavy atom. The van der Waals surface area contributed by atoms with Crippen LogP contribution in [-0.4, -0.2) is 54.1 Å². The molecule has 3 nitrogen and oxygen atoms in total. The van der Waals surface area contributed by atoms with Crippen molar-refractivity contribution in [1.29, 1.82) is 0 Å². The predicted octanol–water partition coefficient (Wildman–Crippen LogP) is 0.771. The van der Waals surface area contributed by atoms with Crippen molar-refractivity contribution >= 4 is 0 Å². The van der Waals surface area contributed by atoms with Crippen LogP contribution >= 0.6 is 0 Å². The minimum atomic E-state index is -0.634. The molecule has 2 unspecified atom stereocenters. The summed E-state index contributed by atoms with van der Waals surface area (Å²) in [5.74, 6) is 0. The lowest BCUT2D eigenvalue weighted by Gasteiger charge is -2.39. The number of aliphatic hydroxyl groups is 2. The zero-order chi connectivity index (χ0) is 11.2. The molecule has 0 saturated heterocycles. The zero-order valence-electron chi connectivity index (χ0n) is 9.61. The van der Waals surface area contributed by atoms with Gasteiger partial charge in [-0.15, -0.1) is 0 Å². The van der Waals surface area contributed by atoms with Crippen molar-refractivity contribution in [2.75, 3.05) is 27.2 Å². The van der Waals surface area contributed by atoms with Crippen LogP contribution in [0.25, 0.3) is 0 Å². The molecule has 0 bridgehead atoms. The summed E-state index contributed by atoms with van der Waals surface area (Å²) in [6.07, 6.45) is 3.15. The molecule has 0 radical (unpaired) electrons. The highest BCUT2D eigenvalue weighted by molar-refractivity contribution is 4.72. The van der Waals surface area contributed by atoms with E-state index in [9.17, 15) is 5.11 Å². The monoisotopic (exact) mass is 202 g/mol. The van der Waals surface area contributed by atoms with Gasteiger partial charge in [-0.2, -0.15) is 0 Å². The van der Waals surface area contributed by atoms with Gasteiger partial charge in [0.1, 0.15) is 12.1 Å². The van der Waals surface area contributed by atoms with Crippen LogP contribution in [0.4, 0.5) is 0 Å². The molecule has 0 spiro atoms. The molecule has 84 valence electrons. The molecule has 0 aromatic heterocycles. The molecule has 0 rings (SSSR count). The third-order valence-electron chi connectivity index (χ3n) is 2.71. The first-order valence-electron chi connectivity index (χ1n) is 5.22. The molecule has 0 aliphatic heterocycles. The fourth-order valence-corrected chi connectivity index (χ4v) is 1.89. The zero-order valence-corrected chi connectivity index (χ0v) is 9.61. The average Bonchev–Trinajstić information content (AvgIpc) is 2.12. The summed E-state index contributed by atoms with van der Waals surface area (Å²) in [5.41, 5.74) is 0. The Morgan fingerprint density at radius 2 is 2.00 bits per heavy atom. The predicted molar refractivity (Wildman–Crippen MR) is 59.0 cm³/mol. The third kappa shape index (κ3) is 3.78. The quantitative estimate of drug-likeness (QED) is 0.473. The molecule has 0 aromatic carbocycles. The summed E-state index contributed by atoms with van der Waals surface area (Å²) in [5, 5.41) is 18.7. The third-order valence-corrected chi connectivity index (χ3v) is 2.71. The van der Waals surface area contributed by atoms with Crippen LogP contribution in [0.1, 0.15) is 19.8 Å². The number of hydrogen-bond acceptors (Lipinski definition) is 2. The second-order valence-electron chi connectivity index (χ2n) is 4.36. The number of nitrogens with zero attached hydrogens (tertiary/aromatic N) is 1. The standard InChI is InChI=1S/C11H24NO2/c1-5-7-10(11(14)9-13)12(3,4)8-6-2/h6,10-11,13-14H,2,5,7-9H2,1,3-4H3/q+1. The maximum Gasteiger partial charge on any atom is 0.129 e. The van der Waals surface area contributed by atoms with Gasteiger partial charge in [0.25, 0.3) is 0 Å². The first-order chi connectivity index (χ1) is 6.49. The second kappa shape index (κ2) is 6.17. The Bertz CT molecular complexity index is 169. The van der Waals surface area contributed by atoms with Gasteiger partial charge in [-0.05, 0) is 6.08 Å². The van der Waals surface area contributed by atoms with Crippen molar-refractivity contribution in [2.24, 2.45) is 0 Å². The van der Waals surface area contributed by atoms with Crippen LogP contribution in [0.5, 0.6) is 0 Å². The molecule has 0 aliphatic rings. The van der Waals surface area contributed by atoms with E-state index in [1.54, 1.807) is 0 Å². The van der Waals surface area contributed by atoms with Crippen LogP contribution in [0.3, 0.4) is 0 Å². The highest BCUT2D eigenvalue weighted by atomic mass is 16.3. The summed E-state index contributed by atoms with van der Waals surface area (Å²) >= 11 is 0. The second-order valence-corrected chi connectivity index (χ2v) is 4.36. The van der Waals surface area contributed by atoms with Crippen molar-refractivity contribution < 1.29 is 14.7 Å². The fraction of sp³-hybridized carbons (Fsp3) is 0.818. The molecule has 14 heavy (non-hydrogen) atoms. The lowest BCUT2D eigenvalue weighted by molar-refractivity contribution is -0.913. The molecule has 0 aliphatic carbocycles. The van der Waals surface area contributed by atoms with Crippen LogP contribution in [-0.2, 0) is 0 Å². The van der Waals surface area contributed by atoms with E-state index >= 15 is 0 Å². The summed E-state index contributed by atoms with van der Waals surface area (Å²) < 4.78 is 0.680. The van der Waals surface area contributed by atoms with Gasteiger partial charge in [0, 0.05) is 6.42 Å². The van der Waals surface area contributed by atoms with Crippen molar-refractivity contribution in [2.45, 2.75) is 31.9 Å². The van der Waals surface area contributed by atoms with Gasteiger partial charge in [0.15, 0.2) is 0 Å². The Balaban J connectivity index is 4.52.